The second kappa shape index (κ2) is 13.6. The van der Waals surface area contributed by atoms with Crippen LogP contribution in [0.25, 0.3) is 0 Å². The maximum Gasteiger partial charge on any atom is 0.333 e. The number of aliphatic carboxylic acids is 1. The lowest BCUT2D eigenvalue weighted by Gasteiger charge is -2.48. The normalized spacial score (nSPS) is 40.2. The zero-order valence-electron chi connectivity index (χ0n) is 20.9. The molecule has 7 N–H and O–H groups in total. The van der Waals surface area contributed by atoms with Crippen molar-refractivity contribution < 1.29 is 63.9 Å². The molecule has 14 heteroatoms. The van der Waals surface area contributed by atoms with Crippen LogP contribution in [0.5, 0.6) is 0 Å². The second-order valence-corrected chi connectivity index (χ2v) is 9.74. The summed E-state index contributed by atoms with van der Waals surface area (Å²) in [5, 5.41) is 64.4. The number of methoxy groups -OCH3 is 1. The number of hydrogen-bond donors (Lipinski definition) is 7. The maximum absolute atomic E-state index is 12.0. The minimum absolute atomic E-state index is 0.324. The van der Waals surface area contributed by atoms with Crippen LogP contribution in [-0.4, -0.2) is 130 Å². The first-order valence-electron chi connectivity index (χ1n) is 12.5. The fourth-order valence-corrected chi connectivity index (χ4v) is 5.28. The van der Waals surface area contributed by atoms with Gasteiger partial charge >= 0.3 is 5.97 Å². The number of carboxylic acid groups (broad SMARTS) is 1. The number of nitrogens with one attached hydrogen (secondary N) is 1. The molecule has 0 radical (unpaired) electrons. The van der Waals surface area contributed by atoms with Gasteiger partial charge in [-0.05, 0) is 18.8 Å². The van der Waals surface area contributed by atoms with Gasteiger partial charge in [-0.25, -0.2) is 4.79 Å². The molecule has 2 heterocycles. The summed E-state index contributed by atoms with van der Waals surface area (Å²) in [6.07, 6.45) is -10.4. The number of carbonyl (C=O) groups is 2. The quantitative estimate of drug-likeness (QED) is 0.153. The number of aliphatic hydroxyl groups excluding tert-OH is 5. The number of rotatable bonds is 10. The third-order valence-corrected chi connectivity index (χ3v) is 7.19. The Labute approximate surface area is 214 Å². The van der Waals surface area contributed by atoms with E-state index in [1.54, 1.807) is 0 Å². The lowest BCUT2D eigenvalue weighted by Crippen LogP contribution is -2.68. The van der Waals surface area contributed by atoms with Crippen molar-refractivity contribution in [3.8, 4) is 0 Å². The minimum Gasteiger partial charge on any atom is -0.479 e. The third-order valence-electron chi connectivity index (χ3n) is 7.19. The van der Waals surface area contributed by atoms with E-state index in [0.717, 1.165) is 19.3 Å². The van der Waals surface area contributed by atoms with Gasteiger partial charge in [0.25, 0.3) is 0 Å². The Hall–Kier alpha value is -1.46. The van der Waals surface area contributed by atoms with E-state index >= 15 is 0 Å². The summed E-state index contributed by atoms with van der Waals surface area (Å²) in [5.41, 5.74) is 0. The Morgan fingerprint density at radius 3 is 2.00 bits per heavy atom. The van der Waals surface area contributed by atoms with Crippen molar-refractivity contribution in [2.75, 3.05) is 20.3 Å². The summed E-state index contributed by atoms with van der Waals surface area (Å²) in [4.78, 5) is 23.9. The Morgan fingerprint density at radius 2 is 1.49 bits per heavy atom. The molecular weight excluding hydrogens is 498 g/mol. The average molecular weight is 538 g/mol. The van der Waals surface area contributed by atoms with Gasteiger partial charge in [0.1, 0.15) is 48.8 Å². The lowest BCUT2D eigenvalue weighted by atomic mass is 9.85. The van der Waals surface area contributed by atoms with Crippen molar-refractivity contribution in [3.63, 3.8) is 0 Å². The van der Waals surface area contributed by atoms with Crippen LogP contribution in [0.3, 0.4) is 0 Å². The molecule has 11 atom stereocenters. The van der Waals surface area contributed by atoms with Crippen LogP contribution < -0.4 is 5.32 Å². The SMILES string of the molecule is CO[C@@H]1O[C@H](CO)[C@H](O)[C@H](O[C@@H]2O[C@H](CO)[C@H](O)[C@H](O[C@@H](C(=O)O)C3CCCCC3)[C@H]2O)[C@H]1NC(C)=O. The Balaban J connectivity index is 1.85. The molecular formula is C23H39NO13. The van der Waals surface area contributed by atoms with Gasteiger partial charge in [0.05, 0.1) is 13.2 Å². The van der Waals surface area contributed by atoms with Crippen LogP contribution in [-0.2, 0) is 33.3 Å². The summed E-state index contributed by atoms with van der Waals surface area (Å²) in [6.45, 7) is -0.104. The first-order chi connectivity index (χ1) is 17.6. The highest BCUT2D eigenvalue weighted by Gasteiger charge is 2.53. The van der Waals surface area contributed by atoms with Gasteiger partial charge in [0, 0.05) is 14.0 Å². The second-order valence-electron chi connectivity index (χ2n) is 9.74. The highest BCUT2D eigenvalue weighted by Crippen LogP contribution is 2.34. The zero-order valence-corrected chi connectivity index (χ0v) is 20.9. The Bertz CT molecular complexity index is 750. The van der Waals surface area contributed by atoms with Gasteiger partial charge in [-0.3, -0.25) is 4.79 Å². The van der Waals surface area contributed by atoms with E-state index in [0.29, 0.717) is 12.8 Å². The van der Waals surface area contributed by atoms with Gasteiger partial charge in [-0.15, -0.1) is 0 Å². The fourth-order valence-electron chi connectivity index (χ4n) is 5.28. The third kappa shape index (κ3) is 6.95. The van der Waals surface area contributed by atoms with Crippen molar-refractivity contribution in [3.05, 3.63) is 0 Å². The average Bonchev–Trinajstić information content (AvgIpc) is 2.87. The summed E-state index contributed by atoms with van der Waals surface area (Å²) < 4.78 is 27.9. The van der Waals surface area contributed by atoms with Gasteiger partial charge in [0.2, 0.25) is 5.91 Å². The highest BCUT2D eigenvalue weighted by atomic mass is 16.7. The van der Waals surface area contributed by atoms with E-state index in [9.17, 15) is 40.2 Å². The van der Waals surface area contributed by atoms with Crippen LogP contribution in [0.2, 0.25) is 0 Å². The fraction of sp³-hybridized carbons (Fsp3) is 0.913. The Kier molecular flexibility index (Phi) is 11.0. The van der Waals surface area contributed by atoms with Crippen LogP contribution in [0.4, 0.5) is 0 Å². The largest absolute Gasteiger partial charge is 0.479 e. The molecule has 3 fully saturated rings. The van der Waals surface area contributed by atoms with Crippen LogP contribution in [0, 0.1) is 5.92 Å². The van der Waals surface area contributed by atoms with Crippen molar-refractivity contribution >= 4 is 11.9 Å². The molecule has 0 unspecified atom stereocenters. The summed E-state index contributed by atoms with van der Waals surface area (Å²) in [7, 11) is 1.29. The summed E-state index contributed by atoms with van der Waals surface area (Å²) in [6, 6.07) is -1.11. The molecule has 214 valence electrons. The molecule has 0 spiro atoms. The first-order valence-corrected chi connectivity index (χ1v) is 12.5. The molecule has 0 aromatic rings. The van der Waals surface area contributed by atoms with Crippen LogP contribution in [0.1, 0.15) is 39.0 Å². The van der Waals surface area contributed by atoms with E-state index in [1.165, 1.54) is 14.0 Å². The number of carboxylic acids is 1. The minimum atomic E-state index is -1.75. The van der Waals surface area contributed by atoms with Gasteiger partial charge in [0.15, 0.2) is 18.7 Å². The molecule has 2 saturated heterocycles. The predicted molar refractivity (Wildman–Crippen MR) is 122 cm³/mol. The van der Waals surface area contributed by atoms with Gasteiger partial charge < -0.3 is 59.6 Å². The monoisotopic (exact) mass is 537 g/mol. The number of ether oxygens (including phenoxy) is 5. The first kappa shape index (κ1) is 30.1. The number of carbonyl (C=O) groups excluding carboxylic acids is 1. The smallest absolute Gasteiger partial charge is 0.333 e. The highest BCUT2D eigenvalue weighted by molar-refractivity contribution is 5.73. The summed E-state index contributed by atoms with van der Waals surface area (Å²) >= 11 is 0. The van der Waals surface area contributed by atoms with E-state index in [1.807, 2.05) is 0 Å². The van der Waals surface area contributed by atoms with E-state index in [4.69, 9.17) is 23.7 Å². The topological polar surface area (TPSA) is 214 Å². The number of hydrogen-bond acceptors (Lipinski definition) is 12. The summed E-state index contributed by atoms with van der Waals surface area (Å²) in [5.74, 6) is -2.07. The van der Waals surface area contributed by atoms with E-state index < -0.39 is 92.5 Å². The van der Waals surface area contributed by atoms with Gasteiger partial charge in [-0.2, -0.15) is 0 Å². The molecule has 3 aliphatic rings. The van der Waals surface area contributed by atoms with Crippen molar-refractivity contribution in [2.24, 2.45) is 5.92 Å². The molecule has 37 heavy (non-hydrogen) atoms. The number of aliphatic hydroxyl groups is 5. The molecule has 3 rings (SSSR count). The zero-order chi connectivity index (χ0) is 27.3. The van der Waals surface area contributed by atoms with E-state index in [2.05, 4.69) is 5.32 Å². The predicted octanol–water partition coefficient (Wildman–Crippen LogP) is -2.54. The molecule has 0 aromatic carbocycles. The van der Waals surface area contributed by atoms with Crippen molar-refractivity contribution in [2.45, 2.75) is 106 Å². The lowest BCUT2D eigenvalue weighted by molar-refractivity contribution is -0.349. The molecule has 1 saturated carbocycles. The van der Waals surface area contributed by atoms with Crippen molar-refractivity contribution in [1.29, 1.82) is 0 Å². The van der Waals surface area contributed by atoms with E-state index in [-0.39, 0.29) is 5.92 Å². The molecule has 1 aliphatic carbocycles. The van der Waals surface area contributed by atoms with Crippen LogP contribution >= 0.6 is 0 Å². The van der Waals surface area contributed by atoms with Gasteiger partial charge in [-0.1, -0.05) is 19.3 Å². The van der Waals surface area contributed by atoms with Crippen LogP contribution in [0.15, 0.2) is 0 Å². The van der Waals surface area contributed by atoms with Crippen molar-refractivity contribution in [1.82, 2.24) is 5.32 Å². The number of amides is 1. The molecule has 14 nitrogen and oxygen atoms in total. The molecule has 2 aliphatic heterocycles. The Morgan fingerprint density at radius 1 is 0.919 bits per heavy atom. The maximum atomic E-state index is 12.0. The molecule has 1 amide bonds. The standard InChI is InChI=1S/C23H39NO13/c1-10(27)24-14-19(15(28)12(8-25)34-22(14)33-2)37-23-17(30)20(16(29)13(9-26)35-23)36-18(21(31)32)11-6-4-3-5-7-11/h11-20,22-23,25-26,28-30H,3-9H2,1-2H3,(H,24,27)(H,31,32)/t12-,13-,14-,15+,16+,17-,18-,19-,20+,22-,23+/m1/s1. The molecule has 0 aromatic heterocycles. The molecule has 0 bridgehead atoms.